The van der Waals surface area contributed by atoms with E-state index in [9.17, 15) is 18.0 Å². The number of hydrogen-bond donors (Lipinski definition) is 1. The number of carbonyl (C=O) groups excluding carboxylic acids is 2. The first-order chi connectivity index (χ1) is 16.8. The molecule has 2 aromatic rings. The molecule has 0 saturated heterocycles. The van der Waals surface area contributed by atoms with Crippen LogP contribution in [0.25, 0.3) is 0 Å². The van der Waals surface area contributed by atoms with Crippen LogP contribution in [0.2, 0.25) is 10.0 Å². The van der Waals surface area contributed by atoms with Crippen LogP contribution in [-0.2, 0) is 26.2 Å². The third-order valence-corrected chi connectivity index (χ3v) is 7.61. The molecule has 2 amide bonds. The van der Waals surface area contributed by atoms with Crippen molar-refractivity contribution in [3.63, 3.8) is 0 Å². The number of nitrogens with zero attached hydrogens (tertiary/aromatic N) is 2. The van der Waals surface area contributed by atoms with Crippen molar-refractivity contribution in [1.29, 1.82) is 0 Å². The SMILES string of the molecule is CC[C@H](C(=O)NC(C)C)N(Cc1ccc(Cl)c(Cl)c1)C(=O)CCCN(c1ccccc1C)S(C)(=O)=O. The van der Waals surface area contributed by atoms with E-state index in [0.29, 0.717) is 28.6 Å². The molecule has 0 radical (unpaired) electrons. The van der Waals surface area contributed by atoms with Crippen LogP contribution in [0.5, 0.6) is 0 Å². The average molecular weight is 557 g/mol. The van der Waals surface area contributed by atoms with Gasteiger partial charge in [0.05, 0.1) is 22.0 Å². The van der Waals surface area contributed by atoms with Gasteiger partial charge in [-0.15, -0.1) is 0 Å². The molecule has 0 spiro atoms. The molecule has 2 aromatic carbocycles. The van der Waals surface area contributed by atoms with Gasteiger partial charge in [-0.3, -0.25) is 13.9 Å². The zero-order valence-corrected chi connectivity index (χ0v) is 23.8. The first-order valence-corrected chi connectivity index (χ1v) is 14.5. The summed E-state index contributed by atoms with van der Waals surface area (Å²) in [6.07, 6.45) is 1.94. The minimum Gasteiger partial charge on any atom is -0.352 e. The van der Waals surface area contributed by atoms with Gasteiger partial charge in [0.1, 0.15) is 6.04 Å². The molecule has 1 atom stereocenters. The molecular weight excluding hydrogens is 521 g/mol. The number of carbonyl (C=O) groups is 2. The quantitative estimate of drug-likeness (QED) is 0.391. The maximum atomic E-state index is 13.4. The molecule has 2 rings (SSSR count). The average Bonchev–Trinajstić information content (AvgIpc) is 2.78. The fourth-order valence-electron chi connectivity index (χ4n) is 3.96. The molecule has 7 nitrogen and oxygen atoms in total. The van der Waals surface area contributed by atoms with Crippen LogP contribution >= 0.6 is 23.2 Å². The van der Waals surface area contributed by atoms with Gasteiger partial charge in [0.15, 0.2) is 0 Å². The maximum absolute atomic E-state index is 13.4. The van der Waals surface area contributed by atoms with E-state index in [0.717, 1.165) is 17.4 Å². The summed E-state index contributed by atoms with van der Waals surface area (Å²) in [5, 5.41) is 3.66. The van der Waals surface area contributed by atoms with Crippen molar-refractivity contribution in [3.05, 3.63) is 63.6 Å². The smallest absolute Gasteiger partial charge is 0.243 e. The van der Waals surface area contributed by atoms with Crippen molar-refractivity contribution in [2.24, 2.45) is 0 Å². The maximum Gasteiger partial charge on any atom is 0.243 e. The molecule has 0 heterocycles. The Kier molecular flexibility index (Phi) is 11.1. The lowest BCUT2D eigenvalue weighted by atomic mass is 10.1. The zero-order valence-electron chi connectivity index (χ0n) is 21.4. The van der Waals surface area contributed by atoms with Crippen LogP contribution < -0.4 is 9.62 Å². The summed E-state index contributed by atoms with van der Waals surface area (Å²) in [6.45, 7) is 7.74. The van der Waals surface area contributed by atoms with E-state index in [-0.39, 0.29) is 37.4 Å². The zero-order chi connectivity index (χ0) is 27.0. The van der Waals surface area contributed by atoms with Gasteiger partial charge in [0.25, 0.3) is 0 Å². The van der Waals surface area contributed by atoms with Crippen LogP contribution in [0.4, 0.5) is 5.69 Å². The van der Waals surface area contributed by atoms with Gasteiger partial charge in [-0.2, -0.15) is 0 Å². The monoisotopic (exact) mass is 555 g/mol. The molecule has 0 aromatic heterocycles. The van der Waals surface area contributed by atoms with Crippen molar-refractivity contribution in [3.8, 4) is 0 Å². The predicted octanol–water partition coefficient (Wildman–Crippen LogP) is 5.18. The number of benzene rings is 2. The number of anilines is 1. The minimum absolute atomic E-state index is 0.0741. The number of hydrogen-bond acceptors (Lipinski definition) is 4. The van der Waals surface area contributed by atoms with Crippen LogP contribution in [-0.4, -0.2) is 50.0 Å². The Morgan fingerprint density at radius 2 is 1.72 bits per heavy atom. The van der Waals surface area contributed by atoms with Crippen molar-refractivity contribution < 1.29 is 18.0 Å². The van der Waals surface area contributed by atoms with Gasteiger partial charge < -0.3 is 10.2 Å². The molecule has 198 valence electrons. The molecule has 1 N–H and O–H groups in total. The summed E-state index contributed by atoms with van der Waals surface area (Å²) >= 11 is 12.2. The van der Waals surface area contributed by atoms with Gasteiger partial charge in [0.2, 0.25) is 21.8 Å². The van der Waals surface area contributed by atoms with Crippen molar-refractivity contribution in [1.82, 2.24) is 10.2 Å². The summed E-state index contributed by atoms with van der Waals surface area (Å²) in [6, 6.07) is 11.6. The molecule has 36 heavy (non-hydrogen) atoms. The number of nitrogens with one attached hydrogen (secondary N) is 1. The normalized spacial score (nSPS) is 12.3. The summed E-state index contributed by atoms with van der Waals surface area (Å²) in [4.78, 5) is 27.9. The van der Waals surface area contributed by atoms with Crippen LogP contribution in [0.15, 0.2) is 42.5 Å². The fourth-order valence-corrected chi connectivity index (χ4v) is 5.30. The van der Waals surface area contributed by atoms with E-state index in [2.05, 4.69) is 5.32 Å². The molecule has 0 unspecified atom stereocenters. The van der Waals surface area contributed by atoms with Crippen molar-refractivity contribution in [2.45, 2.75) is 65.6 Å². The van der Waals surface area contributed by atoms with E-state index in [1.165, 1.54) is 9.21 Å². The number of para-hydroxylation sites is 1. The predicted molar refractivity (Wildman–Crippen MR) is 147 cm³/mol. The molecular formula is C26H35Cl2N3O4S. The topological polar surface area (TPSA) is 86.8 Å². The molecule has 0 saturated carbocycles. The highest BCUT2D eigenvalue weighted by molar-refractivity contribution is 7.92. The standard InChI is InChI=1S/C26H35Cl2N3O4S/c1-6-23(26(33)29-18(2)3)30(17-20-13-14-21(27)22(28)16-20)25(32)12-9-15-31(36(5,34)35)24-11-8-7-10-19(24)4/h7-8,10-11,13-14,16,18,23H,6,9,12,15,17H2,1-5H3,(H,29,33)/t23-/m1/s1. The molecule has 0 aliphatic carbocycles. The second kappa shape index (κ2) is 13.3. The molecule has 0 bridgehead atoms. The van der Waals surface area contributed by atoms with Gasteiger partial charge >= 0.3 is 0 Å². The van der Waals surface area contributed by atoms with Gasteiger partial charge in [-0.25, -0.2) is 8.42 Å². The van der Waals surface area contributed by atoms with Crippen LogP contribution in [0, 0.1) is 6.92 Å². The first kappa shape index (κ1) is 29.9. The Hall–Kier alpha value is -2.29. The fraction of sp³-hybridized carbons (Fsp3) is 0.462. The lowest BCUT2D eigenvalue weighted by Crippen LogP contribution is -2.50. The Labute approximate surface area is 224 Å². The largest absolute Gasteiger partial charge is 0.352 e. The van der Waals surface area contributed by atoms with Crippen molar-refractivity contribution in [2.75, 3.05) is 17.1 Å². The number of aryl methyl sites for hydroxylation is 1. The van der Waals surface area contributed by atoms with Crippen LogP contribution in [0.1, 0.15) is 51.2 Å². The summed E-state index contributed by atoms with van der Waals surface area (Å²) in [5.74, 6) is -0.483. The Morgan fingerprint density at radius 1 is 1.06 bits per heavy atom. The highest BCUT2D eigenvalue weighted by atomic mass is 35.5. The molecule has 10 heteroatoms. The highest BCUT2D eigenvalue weighted by Gasteiger charge is 2.29. The van der Waals surface area contributed by atoms with E-state index < -0.39 is 16.1 Å². The van der Waals surface area contributed by atoms with Crippen molar-refractivity contribution >= 4 is 50.7 Å². The van der Waals surface area contributed by atoms with E-state index in [1.54, 1.807) is 30.3 Å². The summed E-state index contributed by atoms with van der Waals surface area (Å²) in [7, 11) is -3.55. The van der Waals surface area contributed by atoms with Gasteiger partial charge in [-0.05, 0) is 62.9 Å². The molecule has 0 aliphatic heterocycles. The number of sulfonamides is 1. The number of amides is 2. The molecule has 0 aliphatic rings. The van der Waals surface area contributed by atoms with Crippen LogP contribution in [0.3, 0.4) is 0 Å². The number of rotatable bonds is 12. The Bertz CT molecular complexity index is 1170. The lowest BCUT2D eigenvalue weighted by molar-refractivity contribution is -0.141. The Morgan fingerprint density at radius 3 is 2.28 bits per heavy atom. The van der Waals surface area contributed by atoms with E-state index in [4.69, 9.17) is 23.2 Å². The summed E-state index contributed by atoms with van der Waals surface area (Å²) in [5.41, 5.74) is 2.15. The third-order valence-electron chi connectivity index (χ3n) is 5.69. The minimum atomic E-state index is -3.55. The summed E-state index contributed by atoms with van der Waals surface area (Å²) < 4.78 is 26.3. The second-order valence-electron chi connectivity index (χ2n) is 9.08. The van der Waals surface area contributed by atoms with E-state index >= 15 is 0 Å². The number of halogens is 2. The third kappa shape index (κ3) is 8.39. The lowest BCUT2D eigenvalue weighted by Gasteiger charge is -2.32. The molecule has 0 fully saturated rings. The van der Waals surface area contributed by atoms with Gasteiger partial charge in [0, 0.05) is 25.6 Å². The van der Waals surface area contributed by atoms with Gasteiger partial charge in [-0.1, -0.05) is 54.4 Å². The van der Waals surface area contributed by atoms with E-state index in [1.807, 2.05) is 39.8 Å². The first-order valence-electron chi connectivity index (χ1n) is 11.9. The highest BCUT2D eigenvalue weighted by Crippen LogP contribution is 2.25. The second-order valence-corrected chi connectivity index (χ2v) is 11.8. The Balaban J connectivity index is 2.26.